The minimum atomic E-state index is -0.101. The first-order valence-electron chi connectivity index (χ1n) is 7.69. The molecule has 0 spiro atoms. The molecule has 0 saturated carbocycles. The number of hydrogen-bond acceptors (Lipinski definition) is 2. The van der Waals surface area contributed by atoms with E-state index >= 15 is 0 Å². The highest BCUT2D eigenvalue weighted by Crippen LogP contribution is 2.20. The van der Waals surface area contributed by atoms with Crippen molar-refractivity contribution in [3.8, 4) is 0 Å². The standard InChI is InChI=1S/C16H23BrN4O.HI/c1-3-18-16(21-8-4-5-9-21)19-11-15(22)20-14-10-13(17)7-6-12(14)2;/h6-7,10H,3-5,8-9,11H2,1-2H3,(H,18,19)(H,20,22);1H. The van der Waals surface area contributed by atoms with Gasteiger partial charge in [0.15, 0.2) is 5.96 Å². The quantitative estimate of drug-likeness (QED) is 0.383. The lowest BCUT2D eigenvalue weighted by Gasteiger charge is -2.20. The van der Waals surface area contributed by atoms with E-state index in [0.29, 0.717) is 0 Å². The molecule has 0 atom stereocenters. The molecule has 1 amide bonds. The Morgan fingerprint density at radius 1 is 1.35 bits per heavy atom. The molecule has 1 aromatic rings. The number of aryl methyl sites for hydroxylation is 1. The summed E-state index contributed by atoms with van der Waals surface area (Å²) in [6.45, 7) is 6.97. The Balaban J connectivity index is 0.00000264. The van der Waals surface area contributed by atoms with Crippen molar-refractivity contribution < 1.29 is 4.79 Å². The second kappa shape index (κ2) is 10.1. The van der Waals surface area contributed by atoms with Gasteiger partial charge in [0.2, 0.25) is 5.91 Å². The topological polar surface area (TPSA) is 56.7 Å². The van der Waals surface area contributed by atoms with Gasteiger partial charge in [0.25, 0.3) is 0 Å². The number of hydrogen-bond donors (Lipinski definition) is 2. The second-order valence-electron chi connectivity index (χ2n) is 5.37. The summed E-state index contributed by atoms with van der Waals surface area (Å²) in [6.07, 6.45) is 2.38. The zero-order chi connectivity index (χ0) is 15.9. The van der Waals surface area contributed by atoms with Crippen LogP contribution in [0.5, 0.6) is 0 Å². The number of amides is 1. The fourth-order valence-corrected chi connectivity index (χ4v) is 2.78. The van der Waals surface area contributed by atoms with Crippen LogP contribution >= 0.6 is 39.9 Å². The highest BCUT2D eigenvalue weighted by Gasteiger charge is 2.16. The number of benzene rings is 1. The van der Waals surface area contributed by atoms with Crippen molar-refractivity contribution in [2.45, 2.75) is 26.7 Å². The monoisotopic (exact) mass is 494 g/mol. The Kier molecular flexibility index (Phi) is 8.90. The second-order valence-corrected chi connectivity index (χ2v) is 6.29. The molecule has 23 heavy (non-hydrogen) atoms. The summed E-state index contributed by atoms with van der Waals surface area (Å²) >= 11 is 3.42. The van der Waals surface area contributed by atoms with Gasteiger partial charge in [-0.1, -0.05) is 22.0 Å². The molecule has 2 rings (SSSR count). The lowest BCUT2D eigenvalue weighted by molar-refractivity contribution is -0.114. The van der Waals surface area contributed by atoms with Gasteiger partial charge < -0.3 is 15.5 Å². The number of carbonyl (C=O) groups is 1. The van der Waals surface area contributed by atoms with Crippen LogP contribution in [0.25, 0.3) is 0 Å². The molecule has 0 aromatic heterocycles. The van der Waals surface area contributed by atoms with Gasteiger partial charge in [-0.2, -0.15) is 0 Å². The van der Waals surface area contributed by atoms with Gasteiger partial charge in [0.1, 0.15) is 6.54 Å². The lowest BCUT2D eigenvalue weighted by atomic mass is 10.2. The maximum Gasteiger partial charge on any atom is 0.246 e. The first kappa shape index (κ1) is 20.2. The molecule has 1 aromatic carbocycles. The van der Waals surface area contributed by atoms with Crippen LogP contribution in [0.3, 0.4) is 0 Å². The Morgan fingerprint density at radius 2 is 2.04 bits per heavy atom. The summed E-state index contributed by atoms with van der Waals surface area (Å²) in [5, 5.41) is 6.17. The van der Waals surface area contributed by atoms with Crippen LogP contribution in [0.15, 0.2) is 27.7 Å². The number of aliphatic imine (C=N–C) groups is 1. The molecule has 1 saturated heterocycles. The van der Waals surface area contributed by atoms with E-state index in [1.54, 1.807) is 0 Å². The van der Waals surface area contributed by atoms with Crippen molar-refractivity contribution in [2.75, 3.05) is 31.5 Å². The van der Waals surface area contributed by atoms with Gasteiger partial charge in [0.05, 0.1) is 0 Å². The molecule has 128 valence electrons. The van der Waals surface area contributed by atoms with Crippen LogP contribution in [-0.4, -0.2) is 42.9 Å². The van der Waals surface area contributed by atoms with E-state index < -0.39 is 0 Å². The third-order valence-electron chi connectivity index (χ3n) is 3.59. The summed E-state index contributed by atoms with van der Waals surface area (Å²) in [4.78, 5) is 18.8. The summed E-state index contributed by atoms with van der Waals surface area (Å²) in [5.41, 5.74) is 1.85. The molecule has 2 N–H and O–H groups in total. The van der Waals surface area contributed by atoms with Gasteiger partial charge >= 0.3 is 0 Å². The van der Waals surface area contributed by atoms with E-state index in [-0.39, 0.29) is 36.4 Å². The fraction of sp³-hybridized carbons (Fsp3) is 0.500. The number of anilines is 1. The maximum absolute atomic E-state index is 12.1. The van der Waals surface area contributed by atoms with Crippen LogP contribution in [0, 0.1) is 6.92 Å². The van der Waals surface area contributed by atoms with Gasteiger partial charge in [-0.3, -0.25) is 4.79 Å². The Bertz CT molecular complexity index is 559. The molecule has 1 aliphatic rings. The first-order chi connectivity index (χ1) is 10.6. The molecule has 0 unspecified atom stereocenters. The number of rotatable bonds is 4. The van der Waals surface area contributed by atoms with Gasteiger partial charge in [-0.15, -0.1) is 24.0 Å². The molecule has 1 fully saturated rings. The fourth-order valence-electron chi connectivity index (χ4n) is 2.42. The highest BCUT2D eigenvalue weighted by molar-refractivity contribution is 14.0. The molecule has 5 nitrogen and oxygen atoms in total. The highest BCUT2D eigenvalue weighted by atomic mass is 127. The Hall–Kier alpha value is -0.830. The van der Waals surface area contributed by atoms with Gasteiger partial charge in [-0.25, -0.2) is 4.99 Å². The van der Waals surface area contributed by atoms with E-state index in [2.05, 4.69) is 36.5 Å². The summed E-state index contributed by atoms with van der Waals surface area (Å²) < 4.78 is 0.947. The molecule has 0 radical (unpaired) electrons. The lowest BCUT2D eigenvalue weighted by Crippen LogP contribution is -2.40. The van der Waals surface area contributed by atoms with Crippen molar-refractivity contribution >= 4 is 57.5 Å². The summed E-state index contributed by atoms with van der Waals surface area (Å²) in [6, 6.07) is 5.83. The molecule has 0 aliphatic carbocycles. The SMILES string of the molecule is CCNC(=NCC(=O)Nc1cc(Br)ccc1C)N1CCCC1.I. The Morgan fingerprint density at radius 3 is 2.70 bits per heavy atom. The minimum absolute atomic E-state index is 0. The third kappa shape index (κ3) is 6.29. The first-order valence-corrected chi connectivity index (χ1v) is 8.48. The molecular formula is C16H24BrIN4O. The van der Waals surface area contributed by atoms with Crippen LogP contribution < -0.4 is 10.6 Å². The predicted octanol–water partition coefficient (Wildman–Crippen LogP) is 3.38. The number of nitrogens with one attached hydrogen (secondary N) is 2. The molecule has 1 aliphatic heterocycles. The number of halogens is 2. The van der Waals surface area contributed by atoms with Crippen molar-refractivity contribution in [1.29, 1.82) is 0 Å². The molecule has 7 heteroatoms. The van der Waals surface area contributed by atoms with E-state index in [1.807, 2.05) is 32.0 Å². The van der Waals surface area contributed by atoms with Crippen LogP contribution in [-0.2, 0) is 4.79 Å². The number of guanidine groups is 1. The van der Waals surface area contributed by atoms with Crippen molar-refractivity contribution in [3.05, 3.63) is 28.2 Å². The summed E-state index contributed by atoms with van der Waals surface area (Å²) in [5.74, 6) is 0.733. The van der Waals surface area contributed by atoms with Gasteiger partial charge in [-0.05, 0) is 44.4 Å². The van der Waals surface area contributed by atoms with Crippen molar-refractivity contribution in [2.24, 2.45) is 4.99 Å². The Labute approximate surface area is 163 Å². The van der Waals surface area contributed by atoms with Crippen LogP contribution in [0.2, 0.25) is 0 Å². The van der Waals surface area contributed by atoms with Crippen LogP contribution in [0.1, 0.15) is 25.3 Å². The third-order valence-corrected chi connectivity index (χ3v) is 4.08. The molecule has 1 heterocycles. The molecular weight excluding hydrogens is 471 g/mol. The normalized spacial score (nSPS) is 14.4. The number of carbonyl (C=O) groups excluding carboxylic acids is 1. The van der Waals surface area contributed by atoms with Gasteiger partial charge in [0, 0.05) is 29.8 Å². The molecule has 0 bridgehead atoms. The maximum atomic E-state index is 12.1. The van der Waals surface area contributed by atoms with Crippen molar-refractivity contribution in [1.82, 2.24) is 10.2 Å². The smallest absolute Gasteiger partial charge is 0.246 e. The predicted molar refractivity (Wildman–Crippen MR) is 110 cm³/mol. The number of likely N-dealkylation sites (tertiary alicyclic amines) is 1. The van der Waals surface area contributed by atoms with E-state index in [9.17, 15) is 4.79 Å². The average Bonchev–Trinajstić information content (AvgIpc) is 3.01. The zero-order valence-electron chi connectivity index (χ0n) is 13.6. The number of nitrogens with zero attached hydrogens (tertiary/aromatic N) is 2. The van der Waals surface area contributed by atoms with E-state index in [4.69, 9.17) is 0 Å². The van der Waals surface area contributed by atoms with E-state index in [1.165, 1.54) is 12.8 Å². The zero-order valence-corrected chi connectivity index (χ0v) is 17.5. The van der Waals surface area contributed by atoms with Crippen LogP contribution in [0.4, 0.5) is 5.69 Å². The summed E-state index contributed by atoms with van der Waals surface area (Å²) in [7, 11) is 0. The average molecular weight is 495 g/mol. The van der Waals surface area contributed by atoms with E-state index in [0.717, 1.165) is 41.3 Å². The minimum Gasteiger partial charge on any atom is -0.357 e. The van der Waals surface area contributed by atoms with Crippen molar-refractivity contribution in [3.63, 3.8) is 0 Å². The largest absolute Gasteiger partial charge is 0.357 e.